The van der Waals surface area contributed by atoms with Gasteiger partial charge in [0.05, 0.1) is 12.8 Å². The largest absolute Gasteiger partial charge is 0.496 e. The quantitative estimate of drug-likeness (QED) is 0.469. The Kier molecular flexibility index (Phi) is 9.46. The van der Waals surface area contributed by atoms with Gasteiger partial charge in [0.15, 0.2) is 0 Å². The van der Waals surface area contributed by atoms with Gasteiger partial charge in [-0.25, -0.2) is 0 Å². The van der Waals surface area contributed by atoms with E-state index in [1.54, 1.807) is 17.0 Å². The molecule has 2 aromatic carbocycles. The minimum Gasteiger partial charge on any atom is -0.496 e. The molecule has 9 nitrogen and oxygen atoms in total. The van der Waals surface area contributed by atoms with Crippen molar-refractivity contribution >= 4 is 18.3 Å². The predicted octanol–water partition coefficient (Wildman–Crippen LogP) is 3.23. The number of halogens is 4. The van der Waals surface area contributed by atoms with Crippen LogP contribution in [-0.4, -0.2) is 71.0 Å². The first-order chi connectivity index (χ1) is 17.3. The number of hydrogen-bond donors (Lipinski definition) is 1. The third-order valence-corrected chi connectivity index (χ3v) is 6.25. The molecule has 37 heavy (non-hydrogen) atoms. The second kappa shape index (κ2) is 12.3. The maximum absolute atomic E-state index is 13.3. The number of alkyl halides is 3. The van der Waals surface area contributed by atoms with Crippen molar-refractivity contribution in [3.8, 4) is 11.4 Å². The summed E-state index contributed by atoms with van der Waals surface area (Å²) in [6.07, 6.45) is -4.00. The number of carbonyl (C=O) groups excluding carboxylic acids is 1. The Morgan fingerprint density at radius 2 is 1.92 bits per heavy atom. The van der Waals surface area contributed by atoms with Gasteiger partial charge >= 0.3 is 6.18 Å². The van der Waals surface area contributed by atoms with Crippen LogP contribution in [0.25, 0.3) is 5.69 Å². The number of likely N-dealkylation sites (tertiary alicyclic amines) is 1. The van der Waals surface area contributed by atoms with Gasteiger partial charge < -0.3 is 19.7 Å². The van der Waals surface area contributed by atoms with E-state index in [2.05, 4.69) is 20.8 Å². The average Bonchev–Trinajstić information content (AvgIpc) is 3.39. The zero-order valence-electron chi connectivity index (χ0n) is 20.3. The number of benzene rings is 2. The minimum absolute atomic E-state index is 0. The summed E-state index contributed by atoms with van der Waals surface area (Å²) < 4.78 is 51.1. The van der Waals surface area contributed by atoms with Crippen LogP contribution in [0.4, 0.5) is 13.2 Å². The van der Waals surface area contributed by atoms with E-state index >= 15 is 0 Å². The molecule has 1 saturated heterocycles. The van der Waals surface area contributed by atoms with E-state index in [0.717, 1.165) is 5.56 Å². The van der Waals surface area contributed by atoms with Crippen molar-refractivity contribution in [2.75, 3.05) is 33.9 Å². The summed E-state index contributed by atoms with van der Waals surface area (Å²) in [4.78, 5) is 14.3. The summed E-state index contributed by atoms with van der Waals surface area (Å²) in [7, 11) is 3.00. The third-order valence-electron chi connectivity index (χ3n) is 6.25. The highest BCUT2D eigenvalue weighted by Crippen LogP contribution is 2.31. The molecule has 1 aliphatic heterocycles. The highest BCUT2D eigenvalue weighted by atomic mass is 35.5. The lowest BCUT2D eigenvalue weighted by atomic mass is 9.85. The van der Waals surface area contributed by atoms with Crippen molar-refractivity contribution in [2.24, 2.45) is 0 Å². The highest BCUT2D eigenvalue weighted by Gasteiger charge is 2.38. The van der Waals surface area contributed by atoms with Gasteiger partial charge in [0.25, 0.3) is 5.82 Å². The number of hydrogen-bond acceptors (Lipinski definition) is 7. The molecule has 3 aromatic rings. The van der Waals surface area contributed by atoms with E-state index in [0.29, 0.717) is 42.0 Å². The lowest BCUT2D eigenvalue weighted by Crippen LogP contribution is -2.50. The van der Waals surface area contributed by atoms with Crippen LogP contribution in [0.15, 0.2) is 48.5 Å². The van der Waals surface area contributed by atoms with Crippen molar-refractivity contribution in [2.45, 2.75) is 31.1 Å². The Morgan fingerprint density at radius 1 is 1.16 bits per heavy atom. The number of nitrogens with one attached hydrogen (secondary N) is 1. The van der Waals surface area contributed by atoms with Crippen molar-refractivity contribution in [1.29, 1.82) is 0 Å². The molecule has 0 radical (unpaired) electrons. The summed E-state index contributed by atoms with van der Waals surface area (Å²) in [5, 5.41) is 13.4. The summed E-state index contributed by atoms with van der Waals surface area (Å²) >= 11 is 0. The fourth-order valence-electron chi connectivity index (χ4n) is 4.49. The van der Waals surface area contributed by atoms with Gasteiger partial charge in [0, 0.05) is 44.3 Å². The topological polar surface area (TPSA) is 94.4 Å². The fraction of sp³-hybridized carbons (Fsp3) is 0.417. The third kappa shape index (κ3) is 6.56. The van der Waals surface area contributed by atoms with Crippen LogP contribution < -0.4 is 10.1 Å². The average molecular weight is 541 g/mol. The van der Waals surface area contributed by atoms with Crippen LogP contribution in [0.5, 0.6) is 5.75 Å². The summed E-state index contributed by atoms with van der Waals surface area (Å²) in [5.74, 6) is -0.722. The summed E-state index contributed by atoms with van der Waals surface area (Å²) in [5.41, 5.74) is 1.92. The standard InChI is InChI=1S/C24H27F3N6O3.ClH/c1-35-15-22(34)32-11-10-20(19(14-32)16-6-4-3-5-7-16)28-13-17-12-18(8-9-21(17)36-2)33-23(24(25,26)27)29-30-31-33;/h3-9,12,19-20,28H,10-11,13-15H2,1-2H3;1H/t19-,20-;/m1./s1. The molecule has 2 atom stereocenters. The number of methoxy groups -OCH3 is 2. The van der Waals surface area contributed by atoms with Crippen molar-refractivity contribution < 1.29 is 27.4 Å². The first kappa shape index (κ1) is 28.4. The van der Waals surface area contributed by atoms with E-state index in [-0.39, 0.29) is 42.6 Å². The molecule has 0 aliphatic carbocycles. The van der Waals surface area contributed by atoms with Crippen molar-refractivity contribution in [3.63, 3.8) is 0 Å². The van der Waals surface area contributed by atoms with Gasteiger partial charge in [-0.1, -0.05) is 30.3 Å². The first-order valence-electron chi connectivity index (χ1n) is 11.4. The van der Waals surface area contributed by atoms with Crippen LogP contribution in [0.3, 0.4) is 0 Å². The molecule has 200 valence electrons. The minimum atomic E-state index is -4.70. The lowest BCUT2D eigenvalue weighted by Gasteiger charge is -2.39. The molecule has 0 saturated carbocycles. The van der Waals surface area contributed by atoms with Crippen LogP contribution >= 0.6 is 12.4 Å². The Morgan fingerprint density at radius 3 is 2.59 bits per heavy atom. The number of rotatable bonds is 8. The van der Waals surface area contributed by atoms with E-state index in [1.807, 2.05) is 30.3 Å². The first-order valence-corrected chi connectivity index (χ1v) is 11.4. The smallest absolute Gasteiger partial charge is 0.453 e. The van der Waals surface area contributed by atoms with Crippen molar-refractivity contribution in [3.05, 3.63) is 65.5 Å². The Balaban J connectivity index is 0.00000380. The Bertz CT molecular complexity index is 1180. The molecule has 1 N–H and O–H groups in total. The van der Waals surface area contributed by atoms with Gasteiger partial charge in [-0.2, -0.15) is 17.9 Å². The number of piperidine rings is 1. The predicted molar refractivity (Wildman–Crippen MR) is 131 cm³/mol. The molecule has 2 heterocycles. The second-order valence-corrected chi connectivity index (χ2v) is 8.47. The molecular formula is C24H28ClF3N6O3. The van der Waals surface area contributed by atoms with Gasteiger partial charge in [-0.3, -0.25) is 4.79 Å². The van der Waals surface area contributed by atoms with Gasteiger partial charge in [0.2, 0.25) is 5.91 Å². The maximum atomic E-state index is 13.3. The molecule has 0 bridgehead atoms. The number of ether oxygens (including phenoxy) is 2. The molecule has 4 rings (SSSR count). The fourth-order valence-corrected chi connectivity index (χ4v) is 4.49. The number of carbonyl (C=O) groups is 1. The lowest BCUT2D eigenvalue weighted by molar-refractivity contribution is -0.146. The normalized spacial score (nSPS) is 17.8. The molecule has 1 aliphatic rings. The van der Waals surface area contributed by atoms with Crippen LogP contribution in [0.2, 0.25) is 0 Å². The number of nitrogens with zero attached hydrogens (tertiary/aromatic N) is 5. The number of aromatic nitrogens is 4. The second-order valence-electron chi connectivity index (χ2n) is 8.47. The molecule has 0 unspecified atom stereocenters. The van der Waals surface area contributed by atoms with Gasteiger partial charge in [0.1, 0.15) is 12.4 Å². The van der Waals surface area contributed by atoms with Crippen LogP contribution in [0.1, 0.15) is 29.3 Å². The molecular weight excluding hydrogens is 513 g/mol. The summed E-state index contributed by atoms with van der Waals surface area (Å²) in [6.45, 7) is 1.46. The van der Waals surface area contributed by atoms with Crippen LogP contribution in [0, 0.1) is 0 Å². The summed E-state index contributed by atoms with van der Waals surface area (Å²) in [6, 6.07) is 14.6. The van der Waals surface area contributed by atoms with Crippen LogP contribution in [-0.2, 0) is 22.3 Å². The molecule has 13 heteroatoms. The SMILES string of the molecule is COCC(=O)N1CC[C@@H](NCc2cc(-n3nnnc3C(F)(F)F)ccc2OC)[C@@H](c2ccccc2)C1.Cl. The van der Waals surface area contributed by atoms with E-state index in [9.17, 15) is 18.0 Å². The Labute approximate surface area is 218 Å². The molecule has 1 aromatic heterocycles. The number of amides is 1. The zero-order chi connectivity index (χ0) is 25.7. The molecule has 1 amide bonds. The van der Waals surface area contributed by atoms with Crippen molar-refractivity contribution in [1.82, 2.24) is 30.4 Å². The maximum Gasteiger partial charge on any atom is 0.453 e. The van der Waals surface area contributed by atoms with E-state index < -0.39 is 12.0 Å². The molecule has 1 fully saturated rings. The monoisotopic (exact) mass is 540 g/mol. The number of tetrazole rings is 1. The molecule has 0 spiro atoms. The van der Waals surface area contributed by atoms with E-state index in [1.165, 1.54) is 20.3 Å². The Hall–Kier alpha value is -3.22. The van der Waals surface area contributed by atoms with Gasteiger partial charge in [-0.15, -0.1) is 17.5 Å². The van der Waals surface area contributed by atoms with Gasteiger partial charge in [-0.05, 0) is 40.6 Å². The highest BCUT2D eigenvalue weighted by molar-refractivity contribution is 5.85. The van der Waals surface area contributed by atoms with E-state index in [4.69, 9.17) is 9.47 Å². The zero-order valence-corrected chi connectivity index (χ0v) is 21.1.